The molecule has 102 valence electrons. The average molecular weight is 259 g/mol. The number of unbranched alkanes of at least 4 members (excludes halogenated alkanes) is 3. The van der Waals surface area contributed by atoms with Crippen molar-refractivity contribution in [1.82, 2.24) is 25.0 Å². The fourth-order valence-electron chi connectivity index (χ4n) is 2.18. The van der Waals surface area contributed by atoms with Crippen molar-refractivity contribution >= 4 is 0 Å². The summed E-state index contributed by atoms with van der Waals surface area (Å²) in [6.07, 6.45) is 13.0. The Bertz CT molecular complexity index is 480. The highest BCUT2D eigenvalue weighted by atomic mass is 15.5. The molecule has 0 amide bonds. The fraction of sp³-hybridized carbons (Fsp3) is 0.571. The maximum Gasteiger partial charge on any atom is 0.196 e. The highest BCUT2D eigenvalue weighted by molar-refractivity contribution is 5.27. The minimum atomic E-state index is 0.381. The van der Waals surface area contributed by atoms with Gasteiger partial charge in [0.05, 0.1) is 18.1 Å². The number of rotatable bonds is 7. The predicted octanol–water partition coefficient (Wildman–Crippen LogP) is 3.13. The Hall–Kier alpha value is -1.78. The van der Waals surface area contributed by atoms with Gasteiger partial charge in [0.1, 0.15) is 0 Å². The maximum absolute atomic E-state index is 4.47. The minimum Gasteiger partial charge on any atom is -0.255 e. The van der Waals surface area contributed by atoms with Gasteiger partial charge in [-0.3, -0.25) is 4.98 Å². The Morgan fingerprint density at radius 2 is 1.74 bits per heavy atom. The molecule has 0 fully saturated rings. The van der Waals surface area contributed by atoms with Crippen molar-refractivity contribution < 1.29 is 0 Å². The first-order valence-electron chi connectivity index (χ1n) is 7.00. The molecule has 0 saturated carbocycles. The molecule has 0 bridgehead atoms. The molecule has 0 spiro atoms. The molecule has 2 rings (SSSR count). The molecule has 2 aromatic rings. The van der Waals surface area contributed by atoms with Crippen molar-refractivity contribution in [3.63, 3.8) is 0 Å². The number of hydrogen-bond donors (Lipinski definition) is 0. The molecular weight excluding hydrogens is 238 g/mol. The Labute approximate surface area is 114 Å². The molecule has 0 N–H and O–H groups in total. The summed E-state index contributed by atoms with van der Waals surface area (Å²) in [5, 5.41) is 8.28. The summed E-state index contributed by atoms with van der Waals surface area (Å²) in [6, 6.07) is 0. The summed E-state index contributed by atoms with van der Waals surface area (Å²) in [6.45, 7) is 4.43. The molecule has 5 nitrogen and oxygen atoms in total. The van der Waals surface area contributed by atoms with Gasteiger partial charge in [-0.25, -0.2) is 4.98 Å². The lowest BCUT2D eigenvalue weighted by Gasteiger charge is -2.13. The van der Waals surface area contributed by atoms with E-state index in [1.165, 1.54) is 25.7 Å². The summed E-state index contributed by atoms with van der Waals surface area (Å²) < 4.78 is 0. The van der Waals surface area contributed by atoms with Gasteiger partial charge in [-0.1, -0.05) is 39.5 Å². The Morgan fingerprint density at radius 1 is 1.00 bits per heavy atom. The Morgan fingerprint density at radius 3 is 2.47 bits per heavy atom. The van der Waals surface area contributed by atoms with Gasteiger partial charge in [0.15, 0.2) is 5.82 Å². The lowest BCUT2D eigenvalue weighted by atomic mass is 9.99. The predicted molar refractivity (Wildman–Crippen MR) is 74.1 cm³/mol. The number of hydrogen-bond acceptors (Lipinski definition) is 4. The molecule has 2 heterocycles. The van der Waals surface area contributed by atoms with Gasteiger partial charge in [-0.05, 0) is 6.42 Å². The smallest absolute Gasteiger partial charge is 0.196 e. The van der Waals surface area contributed by atoms with Crippen LogP contribution in [-0.2, 0) is 0 Å². The average Bonchev–Trinajstić information content (AvgIpc) is 2.97. The SMILES string of the molecule is CCCCCCC(C)c1nccnc1-n1nccn1. The fourth-order valence-corrected chi connectivity index (χ4v) is 2.18. The van der Waals surface area contributed by atoms with Gasteiger partial charge in [0.25, 0.3) is 0 Å². The molecule has 0 aliphatic heterocycles. The van der Waals surface area contributed by atoms with Crippen LogP contribution in [0, 0.1) is 0 Å². The van der Waals surface area contributed by atoms with Crippen LogP contribution in [0.3, 0.4) is 0 Å². The van der Waals surface area contributed by atoms with E-state index in [0.29, 0.717) is 5.92 Å². The van der Waals surface area contributed by atoms with Crippen molar-refractivity contribution in [3.8, 4) is 5.82 Å². The van der Waals surface area contributed by atoms with Gasteiger partial charge in [-0.2, -0.15) is 10.2 Å². The topological polar surface area (TPSA) is 56.5 Å². The summed E-state index contributed by atoms with van der Waals surface area (Å²) in [7, 11) is 0. The molecule has 0 aliphatic rings. The van der Waals surface area contributed by atoms with E-state index in [-0.39, 0.29) is 0 Å². The summed E-state index contributed by atoms with van der Waals surface area (Å²) >= 11 is 0. The normalized spacial score (nSPS) is 12.5. The largest absolute Gasteiger partial charge is 0.255 e. The highest BCUT2D eigenvalue weighted by Gasteiger charge is 2.15. The first-order chi connectivity index (χ1) is 9.33. The summed E-state index contributed by atoms with van der Waals surface area (Å²) in [5.41, 5.74) is 0.982. The zero-order chi connectivity index (χ0) is 13.5. The maximum atomic E-state index is 4.47. The lowest BCUT2D eigenvalue weighted by Crippen LogP contribution is -2.10. The molecule has 5 heteroatoms. The van der Waals surface area contributed by atoms with Crippen molar-refractivity contribution in [3.05, 3.63) is 30.5 Å². The van der Waals surface area contributed by atoms with Crippen molar-refractivity contribution in [2.45, 2.75) is 51.9 Å². The van der Waals surface area contributed by atoms with Crippen molar-refractivity contribution in [2.75, 3.05) is 0 Å². The van der Waals surface area contributed by atoms with Crippen LogP contribution in [0.5, 0.6) is 0 Å². The first kappa shape index (κ1) is 13.6. The number of aromatic nitrogens is 5. The standard InChI is InChI=1S/C14H21N5/c1-3-4-5-6-7-12(2)13-14(16-9-8-15-13)19-17-10-11-18-19/h8-12H,3-7H2,1-2H3. The van der Waals surface area contributed by atoms with Crippen LogP contribution in [0.4, 0.5) is 0 Å². The van der Waals surface area contributed by atoms with Gasteiger partial charge >= 0.3 is 0 Å². The molecule has 2 aromatic heterocycles. The molecule has 19 heavy (non-hydrogen) atoms. The number of nitrogens with zero attached hydrogens (tertiary/aromatic N) is 5. The van der Waals surface area contributed by atoms with Gasteiger partial charge in [0, 0.05) is 18.3 Å². The second kappa shape index (κ2) is 6.97. The first-order valence-corrected chi connectivity index (χ1v) is 7.00. The van der Waals surface area contributed by atoms with Crippen LogP contribution in [0.1, 0.15) is 57.6 Å². The second-order valence-electron chi connectivity index (χ2n) is 4.83. The third-order valence-corrected chi connectivity index (χ3v) is 3.27. The Kier molecular flexibility index (Phi) is 5.01. The molecule has 0 aromatic carbocycles. The van der Waals surface area contributed by atoms with E-state index in [0.717, 1.165) is 17.9 Å². The van der Waals surface area contributed by atoms with E-state index in [2.05, 4.69) is 34.0 Å². The van der Waals surface area contributed by atoms with Crippen LogP contribution in [0.15, 0.2) is 24.8 Å². The zero-order valence-electron chi connectivity index (χ0n) is 11.7. The second-order valence-corrected chi connectivity index (χ2v) is 4.83. The monoisotopic (exact) mass is 259 g/mol. The molecule has 0 saturated heterocycles. The van der Waals surface area contributed by atoms with Crippen LogP contribution < -0.4 is 0 Å². The lowest BCUT2D eigenvalue weighted by molar-refractivity contribution is 0.562. The summed E-state index contributed by atoms with van der Waals surface area (Å²) in [4.78, 5) is 10.4. The molecule has 0 radical (unpaired) electrons. The van der Waals surface area contributed by atoms with E-state index in [4.69, 9.17) is 0 Å². The molecule has 1 unspecified atom stereocenters. The van der Waals surface area contributed by atoms with Crippen LogP contribution in [0.2, 0.25) is 0 Å². The molecular formula is C14H21N5. The van der Waals surface area contributed by atoms with Crippen LogP contribution in [-0.4, -0.2) is 25.0 Å². The van der Waals surface area contributed by atoms with Gasteiger partial charge in [-0.15, -0.1) is 4.80 Å². The minimum absolute atomic E-state index is 0.381. The van der Waals surface area contributed by atoms with E-state index >= 15 is 0 Å². The van der Waals surface area contributed by atoms with Crippen molar-refractivity contribution in [2.24, 2.45) is 0 Å². The molecule has 1 atom stereocenters. The molecule has 0 aliphatic carbocycles. The Balaban J connectivity index is 2.07. The van der Waals surface area contributed by atoms with E-state index in [1.54, 1.807) is 29.6 Å². The van der Waals surface area contributed by atoms with E-state index in [9.17, 15) is 0 Å². The highest BCUT2D eigenvalue weighted by Crippen LogP contribution is 2.23. The van der Waals surface area contributed by atoms with Crippen molar-refractivity contribution in [1.29, 1.82) is 0 Å². The van der Waals surface area contributed by atoms with E-state index in [1.807, 2.05) is 0 Å². The van der Waals surface area contributed by atoms with Gasteiger partial charge in [0.2, 0.25) is 0 Å². The van der Waals surface area contributed by atoms with Gasteiger partial charge < -0.3 is 0 Å². The van der Waals surface area contributed by atoms with E-state index < -0.39 is 0 Å². The summed E-state index contributed by atoms with van der Waals surface area (Å²) in [5.74, 6) is 1.13. The third-order valence-electron chi connectivity index (χ3n) is 3.27. The van der Waals surface area contributed by atoms with Crippen LogP contribution in [0.25, 0.3) is 5.82 Å². The third kappa shape index (κ3) is 3.59. The zero-order valence-corrected chi connectivity index (χ0v) is 11.7. The quantitative estimate of drug-likeness (QED) is 0.717. The van der Waals surface area contributed by atoms with Crippen LogP contribution >= 0.6 is 0 Å².